The maximum Gasteiger partial charge on any atom is 0.298 e. The molecule has 238 valence electrons. The standard InChI is InChI=1S/C20H20OP.C16H16O7S/c21-16-17-22(18-10-4-1-5-11-18,19-12-6-2-7-13-19)20-14-8-3-9-15-20;17-14-13(16(18)19)9-8-11(15(14)24(20,21)22)5-4-10-23-12-6-2-1-3-7-12/h1-15,21H,16-17H2;1-3,6-9,17H,4-5,10H2,(H,18,19)(H,20,21,22)/q+1;/p-1. The monoisotopic (exact) mass is 658 g/mol. The quantitative estimate of drug-likeness (QED) is 0.104. The molecule has 46 heavy (non-hydrogen) atoms. The summed E-state index contributed by atoms with van der Waals surface area (Å²) in [6.07, 6.45) is 1.31. The normalized spacial score (nSPS) is 11.3. The predicted molar refractivity (Wildman–Crippen MR) is 180 cm³/mol. The molecule has 0 aliphatic heterocycles. The summed E-state index contributed by atoms with van der Waals surface area (Å²) in [4.78, 5) is 10.0. The first-order valence-electron chi connectivity index (χ1n) is 14.6. The number of carboxylic acids is 1. The van der Waals surface area contributed by atoms with Gasteiger partial charge in [0.25, 0.3) is 10.1 Å². The minimum Gasteiger partial charge on any atom is -0.545 e. The smallest absolute Gasteiger partial charge is 0.298 e. The molecule has 10 heteroatoms. The summed E-state index contributed by atoms with van der Waals surface area (Å²) in [5.41, 5.74) is -0.608. The van der Waals surface area contributed by atoms with Gasteiger partial charge in [-0.1, -0.05) is 78.9 Å². The van der Waals surface area contributed by atoms with E-state index >= 15 is 0 Å². The number of rotatable bonds is 12. The summed E-state index contributed by atoms with van der Waals surface area (Å²) >= 11 is 0. The van der Waals surface area contributed by atoms with Crippen molar-refractivity contribution in [2.24, 2.45) is 0 Å². The first kappa shape index (κ1) is 34.3. The van der Waals surface area contributed by atoms with Gasteiger partial charge in [-0.2, -0.15) is 8.42 Å². The third-order valence-electron chi connectivity index (χ3n) is 7.32. The van der Waals surface area contributed by atoms with E-state index in [2.05, 4.69) is 72.8 Å². The lowest BCUT2D eigenvalue weighted by atomic mass is 10.1. The molecule has 5 rings (SSSR count). The summed E-state index contributed by atoms with van der Waals surface area (Å²) in [5.74, 6) is -2.11. The summed E-state index contributed by atoms with van der Waals surface area (Å²) in [7, 11) is -6.59. The third kappa shape index (κ3) is 8.38. The number of carboxylic acid groups (broad SMARTS) is 1. The molecule has 0 radical (unpaired) electrons. The Morgan fingerprint density at radius 2 is 1.17 bits per heavy atom. The van der Waals surface area contributed by atoms with Crippen LogP contribution in [0.3, 0.4) is 0 Å². The summed E-state index contributed by atoms with van der Waals surface area (Å²) in [6, 6.07) is 43.1. The largest absolute Gasteiger partial charge is 0.545 e. The van der Waals surface area contributed by atoms with Gasteiger partial charge in [0.05, 0.1) is 25.3 Å². The Morgan fingerprint density at radius 3 is 1.59 bits per heavy atom. The van der Waals surface area contributed by atoms with Crippen molar-refractivity contribution in [1.82, 2.24) is 0 Å². The van der Waals surface area contributed by atoms with Gasteiger partial charge in [-0.3, -0.25) is 4.55 Å². The number of carbonyl (C=O) groups is 1. The molecule has 0 amide bonds. The number of ether oxygens (including phenoxy) is 1. The lowest BCUT2D eigenvalue weighted by molar-refractivity contribution is -0.255. The van der Waals surface area contributed by atoms with Crippen molar-refractivity contribution in [3.63, 3.8) is 0 Å². The molecule has 0 saturated heterocycles. The second kappa shape index (κ2) is 16.2. The number of benzene rings is 5. The van der Waals surface area contributed by atoms with Crippen LogP contribution < -0.4 is 25.8 Å². The molecule has 3 N–H and O–H groups in total. The Morgan fingerprint density at radius 1 is 0.717 bits per heavy atom. The number of carbonyl (C=O) groups excluding carboxylic acids is 1. The van der Waals surface area contributed by atoms with Crippen LogP contribution in [0.5, 0.6) is 11.5 Å². The van der Waals surface area contributed by atoms with E-state index < -0.39 is 39.6 Å². The highest BCUT2D eigenvalue weighted by atomic mass is 32.2. The molecular weight excluding hydrogens is 623 g/mol. The molecule has 0 aliphatic rings. The van der Waals surface area contributed by atoms with Crippen molar-refractivity contribution >= 4 is 39.3 Å². The Balaban J connectivity index is 0.000000209. The van der Waals surface area contributed by atoms with Gasteiger partial charge in [-0.05, 0) is 73.0 Å². The second-order valence-corrected chi connectivity index (χ2v) is 15.2. The van der Waals surface area contributed by atoms with E-state index in [0.29, 0.717) is 12.2 Å². The summed E-state index contributed by atoms with van der Waals surface area (Å²) < 4.78 is 37.6. The van der Waals surface area contributed by atoms with Crippen LogP contribution in [0.2, 0.25) is 0 Å². The molecule has 0 bridgehead atoms. The van der Waals surface area contributed by atoms with E-state index in [4.69, 9.17) is 4.74 Å². The number of hydrogen-bond acceptors (Lipinski definition) is 7. The van der Waals surface area contributed by atoms with Crippen molar-refractivity contribution < 1.29 is 37.8 Å². The molecule has 0 aliphatic carbocycles. The van der Waals surface area contributed by atoms with Crippen LogP contribution in [0.1, 0.15) is 22.3 Å². The predicted octanol–water partition coefficient (Wildman–Crippen LogP) is 3.99. The van der Waals surface area contributed by atoms with Crippen LogP contribution in [0.4, 0.5) is 0 Å². The average molecular weight is 659 g/mol. The first-order chi connectivity index (χ1) is 22.2. The maximum absolute atomic E-state index is 11.5. The van der Waals surface area contributed by atoms with E-state index in [9.17, 15) is 33.1 Å². The van der Waals surface area contributed by atoms with Gasteiger partial charge < -0.3 is 24.9 Å². The summed E-state index contributed by atoms with van der Waals surface area (Å²) in [5, 5.41) is 34.5. The molecule has 0 aromatic heterocycles. The van der Waals surface area contributed by atoms with Crippen molar-refractivity contribution in [3.8, 4) is 11.5 Å². The second-order valence-electron chi connectivity index (χ2n) is 10.2. The maximum atomic E-state index is 11.5. The van der Waals surface area contributed by atoms with Crippen LogP contribution >= 0.6 is 7.26 Å². The molecule has 0 fully saturated rings. The third-order valence-corrected chi connectivity index (χ3v) is 12.7. The fourth-order valence-electron chi connectivity index (χ4n) is 5.26. The van der Waals surface area contributed by atoms with Crippen LogP contribution in [0.15, 0.2) is 138 Å². The van der Waals surface area contributed by atoms with Gasteiger partial charge >= 0.3 is 0 Å². The lowest BCUT2D eigenvalue weighted by Crippen LogP contribution is -2.34. The topological polar surface area (TPSA) is 144 Å². The molecule has 5 aromatic carbocycles. The lowest BCUT2D eigenvalue weighted by Gasteiger charge is -2.26. The average Bonchev–Trinajstić information content (AvgIpc) is 3.07. The number of aliphatic hydroxyl groups is 1. The van der Waals surface area contributed by atoms with E-state index in [0.717, 1.165) is 12.2 Å². The number of aromatic hydroxyl groups is 1. The van der Waals surface area contributed by atoms with Gasteiger partial charge in [0.2, 0.25) is 0 Å². The molecule has 0 heterocycles. The van der Waals surface area contributed by atoms with E-state index in [1.54, 1.807) is 12.1 Å². The van der Waals surface area contributed by atoms with Gasteiger partial charge in [0.15, 0.2) is 0 Å². The fraction of sp³-hybridized carbons (Fsp3) is 0.139. The first-order valence-corrected chi connectivity index (χ1v) is 18.0. The highest BCUT2D eigenvalue weighted by Gasteiger charge is 2.44. The van der Waals surface area contributed by atoms with E-state index in [1.165, 1.54) is 22.0 Å². The summed E-state index contributed by atoms with van der Waals surface area (Å²) in [6.45, 7) is 0.463. The zero-order chi connectivity index (χ0) is 33.0. The molecule has 0 spiro atoms. The van der Waals surface area contributed by atoms with Gasteiger partial charge in [0, 0.05) is 5.56 Å². The highest BCUT2D eigenvalue weighted by molar-refractivity contribution is 7.95. The van der Waals surface area contributed by atoms with Crippen molar-refractivity contribution in [2.75, 3.05) is 19.4 Å². The van der Waals surface area contributed by atoms with Gasteiger partial charge in [0.1, 0.15) is 39.6 Å². The number of phenols is 1. The number of aliphatic hydroxyl groups excluding tert-OH is 1. The highest BCUT2D eigenvalue weighted by Crippen LogP contribution is 2.54. The minimum absolute atomic E-state index is 0.0941. The molecule has 8 nitrogen and oxygen atoms in total. The molecule has 5 aromatic rings. The van der Waals surface area contributed by atoms with Gasteiger partial charge in [-0.25, -0.2) is 0 Å². The Bertz CT molecular complexity index is 1700. The van der Waals surface area contributed by atoms with E-state index in [-0.39, 0.29) is 25.2 Å². The number of hydrogen-bond donors (Lipinski definition) is 3. The molecule has 0 atom stereocenters. The number of aromatic carboxylic acids is 1. The van der Waals surface area contributed by atoms with Crippen molar-refractivity contribution in [1.29, 1.82) is 0 Å². The van der Waals surface area contributed by atoms with Crippen molar-refractivity contribution in [2.45, 2.75) is 17.7 Å². The van der Waals surface area contributed by atoms with Crippen molar-refractivity contribution in [3.05, 3.63) is 145 Å². The molecule has 0 unspecified atom stereocenters. The Hall–Kier alpha value is -4.53. The molecular formula is C36H35O8PS. The minimum atomic E-state index is -4.79. The molecule has 0 saturated carbocycles. The van der Waals surface area contributed by atoms with E-state index in [1.807, 2.05) is 36.4 Å². The Kier molecular flexibility index (Phi) is 12.1. The number of para-hydroxylation sites is 1. The fourth-order valence-corrected chi connectivity index (χ4v) is 10.1. The van der Waals surface area contributed by atoms with Crippen LogP contribution in [0, 0.1) is 0 Å². The van der Waals surface area contributed by atoms with Crippen LogP contribution in [-0.2, 0) is 16.5 Å². The van der Waals surface area contributed by atoms with Gasteiger partial charge in [-0.15, -0.1) is 0 Å². The zero-order valence-corrected chi connectivity index (χ0v) is 26.7. The van der Waals surface area contributed by atoms with Crippen LogP contribution in [-0.4, -0.2) is 48.5 Å². The number of aryl methyl sites for hydroxylation is 1. The zero-order valence-electron chi connectivity index (χ0n) is 25.0. The van der Waals surface area contributed by atoms with Crippen LogP contribution in [0.25, 0.3) is 0 Å². The Labute approximate surface area is 269 Å². The SMILES string of the molecule is O=C([O-])c1ccc(CCCOc2ccccc2)c(S(=O)(=O)O)c1O.OCC[P+](c1ccccc1)(c1ccccc1)c1ccccc1.